The highest BCUT2D eigenvalue weighted by molar-refractivity contribution is 7.05. The number of pyridine rings is 1. The molecule has 0 amide bonds. The number of aryl methyl sites for hydroxylation is 2. The van der Waals surface area contributed by atoms with Crippen LogP contribution in [-0.2, 0) is 0 Å². The van der Waals surface area contributed by atoms with Crippen molar-refractivity contribution in [3.05, 3.63) is 29.0 Å². The second-order valence-electron chi connectivity index (χ2n) is 2.78. The Kier molecular flexibility index (Phi) is 2.41. The first-order chi connectivity index (χ1) is 6.75. The largest absolute Gasteiger partial charge is 0.422 e. The fourth-order valence-corrected chi connectivity index (χ4v) is 1.40. The molecule has 0 radical (unpaired) electrons. The number of aromatic nitrogens is 3. The number of ether oxygens (including phenoxy) is 1. The molecule has 2 heterocycles. The molecule has 5 heteroatoms. The van der Waals surface area contributed by atoms with Gasteiger partial charge in [0.05, 0.1) is 5.69 Å². The minimum atomic E-state index is 0.392. The Morgan fingerprint density at radius 2 is 2.21 bits per heavy atom. The predicted molar refractivity (Wildman–Crippen MR) is 53.7 cm³/mol. The Morgan fingerprint density at radius 1 is 1.36 bits per heavy atom. The molecule has 2 aromatic heterocycles. The lowest BCUT2D eigenvalue weighted by Gasteiger charge is -2.02. The van der Waals surface area contributed by atoms with E-state index in [2.05, 4.69) is 14.3 Å². The summed E-state index contributed by atoms with van der Waals surface area (Å²) in [5, 5.41) is 0.890. The highest BCUT2D eigenvalue weighted by atomic mass is 32.1. The molecule has 2 aromatic rings. The highest BCUT2D eigenvalue weighted by Crippen LogP contribution is 2.21. The van der Waals surface area contributed by atoms with Crippen molar-refractivity contribution in [2.75, 3.05) is 0 Å². The molecule has 0 aliphatic rings. The zero-order valence-corrected chi connectivity index (χ0v) is 8.71. The van der Waals surface area contributed by atoms with E-state index in [0.29, 0.717) is 11.8 Å². The summed E-state index contributed by atoms with van der Waals surface area (Å²) in [6, 6.07) is 4.06. The van der Waals surface area contributed by atoms with Crippen LogP contribution in [0, 0.1) is 13.8 Å². The SMILES string of the molecule is Cc1nc(Oc2cccnc2C)ns1. The third-order valence-electron chi connectivity index (χ3n) is 1.67. The minimum Gasteiger partial charge on any atom is -0.422 e. The quantitative estimate of drug-likeness (QED) is 0.758. The van der Waals surface area contributed by atoms with E-state index in [4.69, 9.17) is 4.74 Å². The van der Waals surface area contributed by atoms with Crippen LogP contribution in [0.4, 0.5) is 0 Å². The molecule has 0 unspecified atom stereocenters. The third-order valence-corrected chi connectivity index (χ3v) is 2.27. The molecule has 0 aromatic carbocycles. The lowest BCUT2D eigenvalue weighted by atomic mass is 10.3. The van der Waals surface area contributed by atoms with Gasteiger partial charge in [-0.1, -0.05) is 0 Å². The van der Waals surface area contributed by atoms with Gasteiger partial charge in [0.25, 0.3) is 0 Å². The van der Waals surface area contributed by atoms with E-state index in [-0.39, 0.29) is 0 Å². The maximum absolute atomic E-state index is 5.46. The van der Waals surface area contributed by atoms with Gasteiger partial charge < -0.3 is 4.74 Å². The molecule has 0 spiro atoms. The average molecular weight is 207 g/mol. The smallest absolute Gasteiger partial charge is 0.334 e. The Bertz CT molecular complexity index is 441. The molecule has 4 nitrogen and oxygen atoms in total. The molecular formula is C9H9N3OS. The van der Waals surface area contributed by atoms with E-state index < -0.39 is 0 Å². The number of hydrogen-bond donors (Lipinski definition) is 0. The minimum absolute atomic E-state index is 0.392. The van der Waals surface area contributed by atoms with E-state index in [1.165, 1.54) is 11.5 Å². The van der Waals surface area contributed by atoms with Crippen LogP contribution in [0.25, 0.3) is 0 Å². The first-order valence-electron chi connectivity index (χ1n) is 4.15. The summed E-state index contributed by atoms with van der Waals surface area (Å²) in [6.45, 7) is 3.77. The molecule has 0 aliphatic heterocycles. The standard InChI is InChI=1S/C9H9N3OS/c1-6-8(4-3-5-10-6)13-9-11-7(2)14-12-9/h3-5H,1-2H3. The molecule has 2 rings (SSSR count). The lowest BCUT2D eigenvalue weighted by Crippen LogP contribution is -1.90. The maximum Gasteiger partial charge on any atom is 0.334 e. The molecule has 72 valence electrons. The van der Waals surface area contributed by atoms with Gasteiger partial charge in [-0.15, -0.1) is 4.37 Å². The van der Waals surface area contributed by atoms with Gasteiger partial charge in [0.1, 0.15) is 5.01 Å². The summed E-state index contributed by atoms with van der Waals surface area (Å²) in [7, 11) is 0. The number of nitrogens with zero attached hydrogens (tertiary/aromatic N) is 3. The first kappa shape index (κ1) is 9.08. The van der Waals surface area contributed by atoms with E-state index in [1.807, 2.05) is 26.0 Å². The van der Waals surface area contributed by atoms with Crippen molar-refractivity contribution in [3.63, 3.8) is 0 Å². The van der Waals surface area contributed by atoms with Gasteiger partial charge in [0.2, 0.25) is 0 Å². The van der Waals surface area contributed by atoms with E-state index in [9.17, 15) is 0 Å². The van der Waals surface area contributed by atoms with Gasteiger partial charge in [-0.2, -0.15) is 4.98 Å². The van der Waals surface area contributed by atoms with Gasteiger partial charge in [-0.05, 0) is 37.5 Å². The van der Waals surface area contributed by atoms with Crippen molar-refractivity contribution in [3.8, 4) is 11.8 Å². The first-order valence-corrected chi connectivity index (χ1v) is 4.93. The fourth-order valence-electron chi connectivity index (χ4n) is 0.998. The van der Waals surface area contributed by atoms with Gasteiger partial charge in [0, 0.05) is 6.20 Å². The van der Waals surface area contributed by atoms with Crippen molar-refractivity contribution in [2.24, 2.45) is 0 Å². The van der Waals surface area contributed by atoms with Gasteiger partial charge in [-0.3, -0.25) is 4.98 Å². The topological polar surface area (TPSA) is 47.9 Å². The van der Waals surface area contributed by atoms with Crippen molar-refractivity contribution in [1.29, 1.82) is 0 Å². The normalized spacial score (nSPS) is 10.1. The maximum atomic E-state index is 5.46. The molecule has 0 bridgehead atoms. The van der Waals surface area contributed by atoms with Crippen LogP contribution in [-0.4, -0.2) is 14.3 Å². The zero-order chi connectivity index (χ0) is 9.97. The Morgan fingerprint density at radius 3 is 2.86 bits per heavy atom. The van der Waals surface area contributed by atoms with Gasteiger partial charge in [-0.25, -0.2) is 0 Å². The average Bonchev–Trinajstić information content (AvgIpc) is 2.56. The van der Waals surface area contributed by atoms with Crippen LogP contribution in [0.5, 0.6) is 11.8 Å². The molecule has 0 N–H and O–H groups in total. The van der Waals surface area contributed by atoms with Gasteiger partial charge in [0.15, 0.2) is 5.75 Å². The van der Waals surface area contributed by atoms with Crippen LogP contribution in [0.15, 0.2) is 18.3 Å². The molecule has 0 fully saturated rings. The molecule has 0 aliphatic carbocycles. The molecule has 0 saturated heterocycles. The molecular weight excluding hydrogens is 198 g/mol. The molecule has 0 atom stereocenters. The Hall–Kier alpha value is -1.49. The zero-order valence-electron chi connectivity index (χ0n) is 7.89. The summed E-state index contributed by atoms with van der Waals surface area (Å²) in [5.74, 6) is 0.699. The van der Waals surface area contributed by atoms with E-state index in [0.717, 1.165) is 10.7 Å². The monoisotopic (exact) mass is 207 g/mol. The molecule has 14 heavy (non-hydrogen) atoms. The van der Waals surface area contributed by atoms with Crippen molar-refractivity contribution in [2.45, 2.75) is 13.8 Å². The Labute approximate surface area is 85.8 Å². The highest BCUT2D eigenvalue weighted by Gasteiger charge is 2.05. The van der Waals surface area contributed by atoms with Crippen LogP contribution >= 0.6 is 11.5 Å². The second-order valence-corrected chi connectivity index (χ2v) is 3.74. The van der Waals surface area contributed by atoms with Gasteiger partial charge >= 0.3 is 6.01 Å². The number of hydrogen-bond acceptors (Lipinski definition) is 5. The fraction of sp³-hybridized carbons (Fsp3) is 0.222. The number of rotatable bonds is 2. The van der Waals surface area contributed by atoms with Crippen LogP contribution in [0.1, 0.15) is 10.7 Å². The van der Waals surface area contributed by atoms with E-state index in [1.54, 1.807) is 6.20 Å². The van der Waals surface area contributed by atoms with Crippen molar-refractivity contribution >= 4 is 11.5 Å². The summed E-state index contributed by atoms with van der Waals surface area (Å²) in [5.41, 5.74) is 0.833. The second kappa shape index (κ2) is 3.71. The van der Waals surface area contributed by atoms with E-state index >= 15 is 0 Å². The summed E-state index contributed by atoms with van der Waals surface area (Å²) in [6.07, 6.45) is 1.72. The summed E-state index contributed by atoms with van der Waals surface area (Å²) < 4.78 is 9.49. The Balaban J connectivity index is 2.23. The van der Waals surface area contributed by atoms with Crippen LogP contribution < -0.4 is 4.74 Å². The van der Waals surface area contributed by atoms with Crippen molar-refractivity contribution < 1.29 is 4.74 Å². The predicted octanol–water partition coefficient (Wildman–Crippen LogP) is 2.34. The molecule has 0 saturated carbocycles. The van der Waals surface area contributed by atoms with Crippen LogP contribution in [0.2, 0.25) is 0 Å². The summed E-state index contributed by atoms with van der Waals surface area (Å²) >= 11 is 1.32. The third kappa shape index (κ3) is 1.88. The summed E-state index contributed by atoms with van der Waals surface area (Å²) in [4.78, 5) is 8.21. The van der Waals surface area contributed by atoms with Crippen molar-refractivity contribution in [1.82, 2.24) is 14.3 Å². The lowest BCUT2D eigenvalue weighted by molar-refractivity contribution is 0.443. The van der Waals surface area contributed by atoms with Crippen LogP contribution in [0.3, 0.4) is 0 Å².